The maximum Gasteiger partial charge on any atom is 0.250 e. The van der Waals surface area contributed by atoms with Gasteiger partial charge in [-0.25, -0.2) is 0 Å². The monoisotopic (exact) mass is 476 g/mol. The van der Waals surface area contributed by atoms with Gasteiger partial charge in [-0.2, -0.15) is 0 Å². The number of amides is 4. The number of hydrogen-bond donors (Lipinski definition) is 3. The van der Waals surface area contributed by atoms with Crippen molar-refractivity contribution in [3.63, 3.8) is 0 Å². The van der Waals surface area contributed by atoms with Crippen LogP contribution in [0.1, 0.15) is 29.5 Å². The summed E-state index contributed by atoms with van der Waals surface area (Å²) >= 11 is 0. The average molecular weight is 476 g/mol. The number of imide groups is 1. The summed E-state index contributed by atoms with van der Waals surface area (Å²) < 4.78 is 10.8. The number of nitrogens with zero attached hydrogens (tertiary/aromatic N) is 1. The summed E-state index contributed by atoms with van der Waals surface area (Å²) in [6, 6.07) is 10.2. The number of hydrogen-bond acceptors (Lipinski definition) is 7. The molecule has 10 heteroatoms. The molecule has 1 spiro atoms. The molecule has 4 aliphatic heterocycles. The first-order valence-corrected chi connectivity index (χ1v) is 11.5. The van der Waals surface area contributed by atoms with E-state index in [1.165, 1.54) is 4.90 Å². The molecule has 0 saturated carbocycles. The summed E-state index contributed by atoms with van der Waals surface area (Å²) in [6.45, 7) is 2.07. The van der Waals surface area contributed by atoms with Gasteiger partial charge in [0.05, 0.1) is 18.4 Å². The van der Waals surface area contributed by atoms with Gasteiger partial charge in [0.25, 0.3) is 0 Å². The third-order valence-corrected chi connectivity index (χ3v) is 7.44. The molecule has 0 bridgehead atoms. The van der Waals surface area contributed by atoms with Crippen molar-refractivity contribution < 1.29 is 28.7 Å². The van der Waals surface area contributed by atoms with Crippen LogP contribution in [0.3, 0.4) is 0 Å². The number of carbonyl (C=O) groups excluding carboxylic acids is 4. The lowest BCUT2D eigenvalue weighted by Crippen LogP contribution is -2.53. The number of carbonyl (C=O) groups is 4. The summed E-state index contributed by atoms with van der Waals surface area (Å²) in [6.07, 6.45) is 0.270. The van der Waals surface area contributed by atoms with Crippen molar-refractivity contribution in [2.75, 3.05) is 12.1 Å². The largest absolute Gasteiger partial charge is 0.454 e. The van der Waals surface area contributed by atoms with E-state index in [-0.39, 0.29) is 38.0 Å². The number of primary amides is 1. The lowest BCUT2D eigenvalue weighted by atomic mass is 9.76. The second kappa shape index (κ2) is 7.54. The summed E-state index contributed by atoms with van der Waals surface area (Å²) in [5.41, 5.74) is 6.87. The SMILES string of the molecule is Cc1ccc2c(c1)[C@]1(N[C@H](CCC(N)=O)[C@H]3C(=O)N(Cc4ccc5c(c4)OCO5)C(=O)[C@@H]31)C(=O)N2. The highest BCUT2D eigenvalue weighted by Gasteiger charge is 2.70. The topological polar surface area (TPSA) is 140 Å². The molecule has 4 N–H and O–H groups in total. The zero-order valence-electron chi connectivity index (χ0n) is 19.0. The molecule has 0 aromatic heterocycles. The van der Waals surface area contributed by atoms with Crippen LogP contribution in [0.4, 0.5) is 5.69 Å². The van der Waals surface area contributed by atoms with Crippen LogP contribution in [0.2, 0.25) is 0 Å². The van der Waals surface area contributed by atoms with E-state index < -0.39 is 35.2 Å². The molecular weight excluding hydrogens is 452 g/mol. The summed E-state index contributed by atoms with van der Waals surface area (Å²) in [5.74, 6) is -2.25. The van der Waals surface area contributed by atoms with E-state index in [0.717, 1.165) is 5.56 Å². The van der Waals surface area contributed by atoms with Gasteiger partial charge in [0.1, 0.15) is 5.54 Å². The van der Waals surface area contributed by atoms with Gasteiger partial charge in [0.2, 0.25) is 30.4 Å². The Bertz CT molecular complexity index is 1310. The summed E-state index contributed by atoms with van der Waals surface area (Å²) in [7, 11) is 0. The average Bonchev–Trinajstić information content (AvgIpc) is 3.55. The van der Waals surface area contributed by atoms with E-state index in [1.54, 1.807) is 24.3 Å². The summed E-state index contributed by atoms with van der Waals surface area (Å²) in [5, 5.41) is 6.19. The summed E-state index contributed by atoms with van der Waals surface area (Å²) in [4.78, 5) is 53.8. The number of likely N-dealkylation sites (tertiary alicyclic amines) is 1. The van der Waals surface area contributed by atoms with E-state index in [4.69, 9.17) is 15.2 Å². The molecule has 6 rings (SSSR count). The van der Waals surface area contributed by atoms with Gasteiger partial charge >= 0.3 is 0 Å². The van der Waals surface area contributed by atoms with E-state index in [2.05, 4.69) is 10.6 Å². The Hall–Kier alpha value is -3.92. The van der Waals surface area contributed by atoms with E-state index in [0.29, 0.717) is 28.3 Å². The first-order valence-electron chi connectivity index (χ1n) is 11.5. The number of nitrogens with two attached hydrogens (primary N) is 1. The van der Waals surface area contributed by atoms with Crippen LogP contribution in [0.5, 0.6) is 11.5 Å². The van der Waals surface area contributed by atoms with Crippen molar-refractivity contribution in [2.24, 2.45) is 17.6 Å². The molecule has 10 nitrogen and oxygen atoms in total. The van der Waals surface area contributed by atoms with Crippen LogP contribution >= 0.6 is 0 Å². The van der Waals surface area contributed by atoms with Gasteiger partial charge in [-0.3, -0.25) is 29.4 Å². The zero-order valence-corrected chi connectivity index (χ0v) is 19.0. The smallest absolute Gasteiger partial charge is 0.250 e. The van der Waals surface area contributed by atoms with Crippen molar-refractivity contribution >= 4 is 29.3 Å². The minimum absolute atomic E-state index is 0.0306. The second-order valence-corrected chi connectivity index (χ2v) is 9.52. The van der Waals surface area contributed by atoms with Gasteiger partial charge in [-0.15, -0.1) is 0 Å². The van der Waals surface area contributed by atoms with Crippen LogP contribution in [0, 0.1) is 18.8 Å². The van der Waals surface area contributed by atoms with Crippen LogP contribution < -0.4 is 25.8 Å². The maximum absolute atomic E-state index is 13.9. The molecule has 35 heavy (non-hydrogen) atoms. The lowest BCUT2D eigenvalue weighted by Gasteiger charge is -2.29. The van der Waals surface area contributed by atoms with Crippen molar-refractivity contribution in [3.05, 3.63) is 53.1 Å². The minimum atomic E-state index is -1.40. The molecule has 0 unspecified atom stereocenters. The number of rotatable bonds is 5. The normalized spacial score (nSPS) is 28.0. The van der Waals surface area contributed by atoms with Crippen LogP contribution in [-0.2, 0) is 31.3 Å². The molecule has 180 valence electrons. The predicted molar refractivity (Wildman–Crippen MR) is 122 cm³/mol. The Kier molecular flexibility index (Phi) is 4.65. The number of benzene rings is 2. The van der Waals surface area contributed by atoms with Crippen molar-refractivity contribution in [1.29, 1.82) is 0 Å². The fraction of sp³-hybridized carbons (Fsp3) is 0.360. The molecule has 2 aromatic carbocycles. The lowest BCUT2D eigenvalue weighted by molar-refractivity contribution is -0.143. The predicted octanol–water partition coefficient (Wildman–Crippen LogP) is 0.910. The van der Waals surface area contributed by atoms with Crippen LogP contribution in [0.25, 0.3) is 0 Å². The third kappa shape index (κ3) is 3.06. The van der Waals surface area contributed by atoms with Gasteiger partial charge in [0.15, 0.2) is 11.5 Å². The molecule has 4 heterocycles. The quantitative estimate of drug-likeness (QED) is 0.545. The second-order valence-electron chi connectivity index (χ2n) is 9.52. The van der Waals surface area contributed by atoms with Crippen molar-refractivity contribution in [1.82, 2.24) is 10.2 Å². The van der Waals surface area contributed by atoms with E-state index >= 15 is 0 Å². The molecule has 0 radical (unpaired) electrons. The number of ether oxygens (including phenoxy) is 2. The number of aryl methyl sites for hydroxylation is 1. The highest BCUT2D eigenvalue weighted by Crippen LogP contribution is 2.54. The Morgan fingerprint density at radius 3 is 2.71 bits per heavy atom. The molecule has 2 fully saturated rings. The number of fused-ring (bicyclic) bond motifs is 5. The highest BCUT2D eigenvalue weighted by atomic mass is 16.7. The van der Waals surface area contributed by atoms with E-state index in [9.17, 15) is 19.2 Å². The third-order valence-electron chi connectivity index (χ3n) is 7.44. The molecule has 2 aromatic rings. The molecule has 2 saturated heterocycles. The van der Waals surface area contributed by atoms with Crippen LogP contribution in [0.15, 0.2) is 36.4 Å². The van der Waals surface area contributed by atoms with Crippen molar-refractivity contribution in [2.45, 2.75) is 37.9 Å². The number of nitrogens with one attached hydrogen (secondary N) is 2. The first-order chi connectivity index (χ1) is 16.8. The maximum atomic E-state index is 13.9. The zero-order chi connectivity index (χ0) is 24.5. The van der Waals surface area contributed by atoms with Crippen LogP contribution in [-0.4, -0.2) is 41.4 Å². The van der Waals surface area contributed by atoms with E-state index in [1.807, 2.05) is 19.1 Å². The first kappa shape index (κ1) is 21.6. The Morgan fingerprint density at radius 2 is 1.91 bits per heavy atom. The molecule has 0 aliphatic carbocycles. The Morgan fingerprint density at radius 1 is 1.11 bits per heavy atom. The standard InChI is InChI=1S/C25H24N4O6/c1-12-2-4-15-14(8-12)25(24(33)27-15)21-20(16(28-25)5-7-19(26)30)22(31)29(23(21)32)10-13-3-6-17-18(9-13)35-11-34-17/h2-4,6,8-9,16,20-21,28H,5,7,10-11H2,1H3,(H2,26,30)(H,27,33)/t16-,20-,21-,25-/m1/s1. The number of anilines is 1. The van der Waals surface area contributed by atoms with Crippen molar-refractivity contribution in [3.8, 4) is 11.5 Å². The minimum Gasteiger partial charge on any atom is -0.454 e. The van der Waals surface area contributed by atoms with Gasteiger partial charge in [0, 0.05) is 23.7 Å². The fourth-order valence-corrected chi connectivity index (χ4v) is 5.90. The van der Waals surface area contributed by atoms with Gasteiger partial charge in [-0.1, -0.05) is 23.8 Å². The molecule has 4 aliphatic rings. The van der Waals surface area contributed by atoms with Gasteiger partial charge < -0.3 is 20.5 Å². The highest BCUT2D eigenvalue weighted by molar-refractivity contribution is 6.15. The molecule has 4 amide bonds. The Balaban J connectivity index is 1.40. The molecule has 4 atom stereocenters. The fourth-order valence-electron chi connectivity index (χ4n) is 5.90. The Labute approximate surface area is 200 Å². The molecular formula is C25H24N4O6. The van der Waals surface area contributed by atoms with Gasteiger partial charge in [-0.05, 0) is 37.1 Å².